The Balaban J connectivity index is 1.35. The second kappa shape index (κ2) is 10.4. The average molecular weight is 526 g/mol. The predicted molar refractivity (Wildman–Crippen MR) is 151 cm³/mol. The molecule has 0 unspecified atom stereocenters. The molecule has 5 aromatic rings. The number of hydrogen-bond acceptors (Lipinski definition) is 6. The lowest BCUT2D eigenvalue weighted by Gasteiger charge is -2.35. The third-order valence-electron chi connectivity index (χ3n) is 7.08. The van der Waals surface area contributed by atoms with Crippen LogP contribution in [-0.2, 0) is 6.42 Å². The lowest BCUT2D eigenvalue weighted by atomic mass is 10.0. The quantitative estimate of drug-likeness (QED) is 0.255. The molecule has 1 saturated heterocycles. The molecule has 6 rings (SSSR count). The molecule has 1 amide bonds. The van der Waals surface area contributed by atoms with Crippen molar-refractivity contribution in [3.63, 3.8) is 0 Å². The smallest absolute Gasteiger partial charge is 0.263 e. The topological polar surface area (TPSA) is 75.4 Å². The molecular formula is C30H28ClN5O2. The fraction of sp³-hybridized carbons (Fsp3) is 0.267. The van der Waals surface area contributed by atoms with Gasteiger partial charge in [-0.15, -0.1) is 0 Å². The van der Waals surface area contributed by atoms with Gasteiger partial charge < -0.3 is 14.3 Å². The Hall–Kier alpha value is -3.97. The number of unbranched alkanes of at least 4 members (excludes halogenated alkanes) is 1. The van der Waals surface area contributed by atoms with Gasteiger partial charge in [0, 0.05) is 48.7 Å². The van der Waals surface area contributed by atoms with Crippen LogP contribution in [-0.4, -0.2) is 52.1 Å². The molecular weight excluding hydrogens is 498 g/mol. The highest BCUT2D eigenvalue weighted by Gasteiger charge is 2.27. The molecule has 3 aromatic carbocycles. The van der Waals surface area contributed by atoms with E-state index >= 15 is 0 Å². The molecule has 0 saturated carbocycles. The van der Waals surface area contributed by atoms with Crippen molar-refractivity contribution in [2.24, 2.45) is 0 Å². The molecule has 1 fully saturated rings. The van der Waals surface area contributed by atoms with Crippen LogP contribution in [0.4, 0.5) is 5.82 Å². The number of rotatable bonds is 6. The number of carbonyl (C=O) groups excluding carboxylic acids is 1. The van der Waals surface area contributed by atoms with Gasteiger partial charge in [-0.05, 0) is 41.5 Å². The summed E-state index contributed by atoms with van der Waals surface area (Å²) >= 11 is 6.12. The summed E-state index contributed by atoms with van der Waals surface area (Å²) in [6.45, 7) is 4.61. The number of hydrogen-bond donors (Lipinski definition) is 0. The lowest BCUT2D eigenvalue weighted by Crippen LogP contribution is -2.49. The van der Waals surface area contributed by atoms with Crippen molar-refractivity contribution < 1.29 is 9.32 Å². The van der Waals surface area contributed by atoms with Gasteiger partial charge >= 0.3 is 0 Å². The molecule has 1 aliphatic heterocycles. The van der Waals surface area contributed by atoms with Gasteiger partial charge in [-0.3, -0.25) is 4.79 Å². The summed E-state index contributed by atoms with van der Waals surface area (Å²) in [6, 6.07) is 21.7. The monoisotopic (exact) mass is 525 g/mol. The fourth-order valence-corrected chi connectivity index (χ4v) is 5.20. The largest absolute Gasteiger partial charge is 0.352 e. The number of benzene rings is 3. The van der Waals surface area contributed by atoms with Gasteiger partial charge in [-0.25, -0.2) is 4.98 Å². The number of fused-ring (bicyclic) bond motifs is 2. The first kappa shape index (κ1) is 24.4. The average Bonchev–Trinajstić information content (AvgIpc) is 3.39. The lowest BCUT2D eigenvalue weighted by molar-refractivity contribution is 0.0746. The first-order chi connectivity index (χ1) is 18.6. The maximum atomic E-state index is 13.1. The minimum absolute atomic E-state index is 0.00884. The summed E-state index contributed by atoms with van der Waals surface area (Å²) in [5, 5.41) is 8.14. The standard InChI is InChI=1S/C30H28ClN5O2/c1-2-3-11-25-32-28(35-14-16-36(17-15-35)30(37)23-9-6-10-24(31)19-23)26-27(34-38-29(26)33-25)22-13-12-20-7-4-5-8-21(20)18-22/h4-10,12-13,18-19H,2-3,11,14-17H2,1H3. The third-order valence-corrected chi connectivity index (χ3v) is 7.31. The van der Waals surface area contributed by atoms with Gasteiger partial charge in [0.25, 0.3) is 11.6 Å². The van der Waals surface area contributed by atoms with Crippen molar-refractivity contribution in [2.45, 2.75) is 26.2 Å². The Bertz CT molecular complexity index is 1620. The summed E-state index contributed by atoms with van der Waals surface area (Å²) in [4.78, 5) is 26.9. The zero-order chi connectivity index (χ0) is 26.1. The van der Waals surface area contributed by atoms with Crippen LogP contribution in [0.1, 0.15) is 35.9 Å². The van der Waals surface area contributed by atoms with Crippen LogP contribution in [0.25, 0.3) is 33.1 Å². The number of aromatic nitrogens is 3. The number of amides is 1. The van der Waals surface area contributed by atoms with E-state index in [1.807, 2.05) is 29.2 Å². The number of carbonyl (C=O) groups is 1. The van der Waals surface area contributed by atoms with Crippen LogP contribution < -0.4 is 4.90 Å². The van der Waals surface area contributed by atoms with Gasteiger partial charge in [0.05, 0.1) is 0 Å². The predicted octanol–water partition coefficient (Wildman–Crippen LogP) is 6.40. The molecule has 0 aliphatic carbocycles. The van der Waals surface area contributed by atoms with Gasteiger partial charge in [0.1, 0.15) is 22.7 Å². The maximum Gasteiger partial charge on any atom is 0.263 e. The highest BCUT2D eigenvalue weighted by Crippen LogP contribution is 2.35. The summed E-state index contributed by atoms with van der Waals surface area (Å²) in [5.41, 5.74) is 2.81. The molecule has 0 N–H and O–H groups in total. The minimum Gasteiger partial charge on any atom is -0.352 e. The number of anilines is 1. The summed E-state index contributed by atoms with van der Waals surface area (Å²) in [7, 11) is 0. The van der Waals surface area contributed by atoms with Crippen LogP contribution in [0.5, 0.6) is 0 Å². The van der Waals surface area contributed by atoms with Crippen molar-refractivity contribution in [3.8, 4) is 11.3 Å². The Kier molecular flexibility index (Phi) is 6.68. The van der Waals surface area contributed by atoms with Gasteiger partial charge in [0.2, 0.25) is 0 Å². The first-order valence-corrected chi connectivity index (χ1v) is 13.4. The van der Waals surface area contributed by atoms with Crippen molar-refractivity contribution in [1.29, 1.82) is 0 Å². The molecule has 7 nitrogen and oxygen atoms in total. The van der Waals surface area contributed by atoms with Crippen LogP contribution in [0.3, 0.4) is 0 Å². The van der Waals surface area contributed by atoms with Crippen molar-refractivity contribution in [2.75, 3.05) is 31.1 Å². The number of halogens is 1. The van der Waals surface area contributed by atoms with Crippen LogP contribution in [0, 0.1) is 0 Å². The normalized spacial score (nSPS) is 13.9. The van der Waals surface area contributed by atoms with Crippen molar-refractivity contribution >= 4 is 45.2 Å². The third kappa shape index (κ3) is 4.70. The fourth-order valence-electron chi connectivity index (χ4n) is 5.01. The zero-order valence-electron chi connectivity index (χ0n) is 21.2. The molecule has 0 spiro atoms. The van der Waals surface area contributed by atoms with Crippen molar-refractivity contribution in [1.82, 2.24) is 20.0 Å². The zero-order valence-corrected chi connectivity index (χ0v) is 22.0. The van der Waals surface area contributed by atoms with Gasteiger partial charge in [-0.1, -0.05) is 72.6 Å². The summed E-state index contributed by atoms with van der Waals surface area (Å²) < 4.78 is 5.79. The van der Waals surface area contributed by atoms with Crippen LogP contribution >= 0.6 is 11.6 Å². The molecule has 3 heterocycles. The summed E-state index contributed by atoms with van der Waals surface area (Å²) in [6.07, 6.45) is 2.83. The minimum atomic E-state index is -0.00884. The number of nitrogens with zero attached hydrogens (tertiary/aromatic N) is 5. The Morgan fingerprint density at radius 1 is 0.947 bits per heavy atom. The highest BCUT2D eigenvalue weighted by molar-refractivity contribution is 6.31. The van der Waals surface area contributed by atoms with E-state index in [4.69, 9.17) is 26.1 Å². The molecule has 0 bridgehead atoms. The van der Waals surface area contributed by atoms with Crippen molar-refractivity contribution in [3.05, 3.63) is 83.1 Å². The van der Waals surface area contributed by atoms with Crippen LogP contribution in [0.15, 0.2) is 71.3 Å². The van der Waals surface area contributed by atoms with Crippen LogP contribution in [0.2, 0.25) is 5.02 Å². The second-order valence-corrected chi connectivity index (χ2v) is 10.1. The molecule has 1 aliphatic rings. The van der Waals surface area contributed by atoms with E-state index in [2.05, 4.69) is 47.3 Å². The van der Waals surface area contributed by atoms with Gasteiger partial charge in [0.15, 0.2) is 0 Å². The highest BCUT2D eigenvalue weighted by atomic mass is 35.5. The van der Waals surface area contributed by atoms with E-state index in [1.165, 1.54) is 5.39 Å². The van der Waals surface area contributed by atoms with E-state index in [0.29, 0.717) is 42.5 Å². The summed E-state index contributed by atoms with van der Waals surface area (Å²) in [5.74, 6) is 1.57. The van der Waals surface area contributed by atoms with E-state index in [9.17, 15) is 4.79 Å². The molecule has 0 radical (unpaired) electrons. The van der Waals surface area contributed by atoms with E-state index in [-0.39, 0.29) is 5.91 Å². The molecule has 0 atom stereocenters. The Morgan fingerprint density at radius 3 is 2.55 bits per heavy atom. The Labute approximate surface area is 226 Å². The van der Waals surface area contributed by atoms with E-state index in [0.717, 1.165) is 52.9 Å². The van der Waals surface area contributed by atoms with E-state index in [1.54, 1.807) is 12.1 Å². The van der Waals surface area contributed by atoms with Gasteiger partial charge in [-0.2, -0.15) is 4.98 Å². The molecule has 2 aromatic heterocycles. The number of piperazine rings is 1. The number of aryl methyl sites for hydroxylation is 1. The SMILES string of the molecule is CCCCc1nc(N2CCN(C(=O)c3cccc(Cl)c3)CC2)c2c(-c3ccc4ccccc4c3)noc2n1. The Morgan fingerprint density at radius 2 is 1.76 bits per heavy atom. The van der Waals surface area contributed by atoms with E-state index < -0.39 is 0 Å². The maximum absolute atomic E-state index is 13.1. The second-order valence-electron chi connectivity index (χ2n) is 9.63. The molecule has 8 heteroatoms. The molecule has 38 heavy (non-hydrogen) atoms. The first-order valence-electron chi connectivity index (χ1n) is 13.1. The molecule has 192 valence electrons.